The Kier molecular flexibility index (Phi) is 6.08. The third-order valence-electron chi connectivity index (χ3n) is 4.84. The molecule has 1 aliphatic heterocycles. The second-order valence-corrected chi connectivity index (χ2v) is 6.56. The number of carbonyl (C=O) groups excluding carboxylic acids is 1. The summed E-state index contributed by atoms with van der Waals surface area (Å²) < 4.78 is 10.8. The number of carbonyl (C=O) groups is 2. The van der Waals surface area contributed by atoms with Crippen molar-refractivity contribution in [2.75, 3.05) is 13.2 Å². The van der Waals surface area contributed by atoms with Gasteiger partial charge in [-0.15, -0.1) is 0 Å². The molecule has 27 heavy (non-hydrogen) atoms. The smallest absolute Gasteiger partial charge is 0.411 e. The summed E-state index contributed by atoms with van der Waals surface area (Å²) in [5.74, 6) is -1.03. The van der Waals surface area contributed by atoms with Crippen LogP contribution in [0.4, 0.5) is 4.79 Å². The van der Waals surface area contributed by atoms with Crippen LogP contribution < -0.4 is 0 Å². The lowest BCUT2D eigenvalue weighted by Crippen LogP contribution is -2.59. The van der Waals surface area contributed by atoms with E-state index in [1.807, 2.05) is 60.7 Å². The van der Waals surface area contributed by atoms with Crippen LogP contribution in [0.5, 0.6) is 0 Å². The molecule has 1 aliphatic rings. The number of amides is 1. The van der Waals surface area contributed by atoms with Crippen molar-refractivity contribution in [2.45, 2.75) is 31.5 Å². The first kappa shape index (κ1) is 18.9. The van der Waals surface area contributed by atoms with Crippen LogP contribution in [-0.4, -0.2) is 40.8 Å². The van der Waals surface area contributed by atoms with Crippen molar-refractivity contribution in [1.82, 2.24) is 4.90 Å². The summed E-state index contributed by atoms with van der Waals surface area (Å²) in [5.41, 5.74) is 0.366. The quantitative estimate of drug-likeness (QED) is 0.844. The second kappa shape index (κ2) is 8.68. The van der Waals surface area contributed by atoms with Gasteiger partial charge in [-0.3, -0.25) is 4.90 Å². The van der Waals surface area contributed by atoms with E-state index in [9.17, 15) is 14.7 Å². The van der Waals surface area contributed by atoms with Gasteiger partial charge in [0.05, 0.1) is 6.54 Å². The van der Waals surface area contributed by atoms with Gasteiger partial charge in [0.25, 0.3) is 0 Å². The lowest BCUT2D eigenvalue weighted by atomic mass is 9.88. The summed E-state index contributed by atoms with van der Waals surface area (Å²) in [7, 11) is 0. The summed E-state index contributed by atoms with van der Waals surface area (Å²) in [5, 5.41) is 9.97. The van der Waals surface area contributed by atoms with Gasteiger partial charge < -0.3 is 14.6 Å². The van der Waals surface area contributed by atoms with E-state index in [4.69, 9.17) is 9.47 Å². The number of rotatable bonds is 6. The number of benzene rings is 2. The number of hydrogen-bond donors (Lipinski definition) is 1. The van der Waals surface area contributed by atoms with Gasteiger partial charge in [0.15, 0.2) is 0 Å². The molecule has 2 aromatic carbocycles. The molecule has 142 valence electrons. The number of hydrogen-bond acceptors (Lipinski definition) is 4. The Morgan fingerprint density at radius 1 is 0.963 bits per heavy atom. The van der Waals surface area contributed by atoms with E-state index in [1.54, 1.807) is 0 Å². The molecule has 0 aliphatic carbocycles. The first-order valence-corrected chi connectivity index (χ1v) is 8.95. The van der Waals surface area contributed by atoms with E-state index in [0.717, 1.165) is 11.1 Å². The fourth-order valence-corrected chi connectivity index (χ4v) is 3.26. The van der Waals surface area contributed by atoms with Crippen molar-refractivity contribution < 1.29 is 24.2 Å². The van der Waals surface area contributed by atoms with Crippen molar-refractivity contribution in [3.63, 3.8) is 0 Å². The van der Waals surface area contributed by atoms with Crippen LogP contribution in [-0.2, 0) is 27.4 Å². The predicted molar refractivity (Wildman–Crippen MR) is 99.0 cm³/mol. The molecule has 1 heterocycles. The molecule has 1 N–H and O–H groups in total. The molecule has 2 aromatic rings. The molecule has 1 fully saturated rings. The Morgan fingerprint density at radius 2 is 1.52 bits per heavy atom. The Bertz CT molecular complexity index is 757. The lowest BCUT2D eigenvalue weighted by Gasteiger charge is -2.42. The molecule has 0 saturated carbocycles. The minimum atomic E-state index is -1.33. The average Bonchev–Trinajstić information content (AvgIpc) is 2.72. The molecular formula is C21H23NO5. The van der Waals surface area contributed by atoms with Crippen LogP contribution in [0.3, 0.4) is 0 Å². The Hall–Kier alpha value is -2.86. The van der Waals surface area contributed by atoms with E-state index in [0.29, 0.717) is 13.2 Å². The molecular weight excluding hydrogens is 346 g/mol. The summed E-state index contributed by atoms with van der Waals surface area (Å²) in [4.78, 5) is 26.5. The highest BCUT2D eigenvalue weighted by Crippen LogP contribution is 2.31. The number of nitrogens with zero attached hydrogens (tertiary/aromatic N) is 1. The zero-order valence-electron chi connectivity index (χ0n) is 15.0. The van der Waals surface area contributed by atoms with E-state index < -0.39 is 17.6 Å². The van der Waals surface area contributed by atoms with Gasteiger partial charge in [-0.05, 0) is 11.1 Å². The minimum absolute atomic E-state index is 0.0944. The normalized spacial score (nSPS) is 15.7. The number of ether oxygens (including phenoxy) is 2. The molecule has 0 atom stereocenters. The van der Waals surface area contributed by atoms with E-state index >= 15 is 0 Å². The van der Waals surface area contributed by atoms with E-state index in [1.165, 1.54) is 4.90 Å². The highest BCUT2D eigenvalue weighted by Gasteiger charge is 2.48. The van der Waals surface area contributed by atoms with Gasteiger partial charge in [0, 0.05) is 26.1 Å². The summed E-state index contributed by atoms with van der Waals surface area (Å²) in [6, 6.07) is 18.7. The van der Waals surface area contributed by atoms with Gasteiger partial charge in [-0.1, -0.05) is 60.7 Å². The highest BCUT2D eigenvalue weighted by atomic mass is 16.6. The fraction of sp³-hybridized carbons (Fsp3) is 0.333. The Morgan fingerprint density at radius 3 is 2.07 bits per heavy atom. The number of carboxylic acids is 1. The van der Waals surface area contributed by atoms with Crippen LogP contribution >= 0.6 is 0 Å². The average molecular weight is 369 g/mol. The second-order valence-electron chi connectivity index (χ2n) is 6.56. The minimum Gasteiger partial charge on any atom is -0.479 e. The molecule has 0 bridgehead atoms. The molecule has 1 saturated heterocycles. The monoisotopic (exact) mass is 369 g/mol. The van der Waals surface area contributed by atoms with Crippen LogP contribution in [0.15, 0.2) is 60.7 Å². The lowest BCUT2D eigenvalue weighted by molar-refractivity contribution is -0.157. The van der Waals surface area contributed by atoms with Gasteiger partial charge in [-0.25, -0.2) is 9.59 Å². The van der Waals surface area contributed by atoms with E-state index in [2.05, 4.69) is 0 Å². The molecule has 6 heteroatoms. The zero-order valence-corrected chi connectivity index (χ0v) is 15.0. The summed E-state index contributed by atoms with van der Waals surface area (Å²) in [6.45, 7) is 0.852. The van der Waals surface area contributed by atoms with Gasteiger partial charge in [0.1, 0.15) is 12.1 Å². The third kappa shape index (κ3) is 4.46. The molecule has 3 rings (SSSR count). The Balaban J connectivity index is 1.84. The van der Waals surface area contributed by atoms with Gasteiger partial charge in [-0.2, -0.15) is 0 Å². The van der Waals surface area contributed by atoms with Crippen LogP contribution in [0.25, 0.3) is 0 Å². The number of aliphatic carboxylic acids is 1. The van der Waals surface area contributed by atoms with Crippen molar-refractivity contribution >= 4 is 12.1 Å². The molecule has 1 amide bonds. The summed E-state index contributed by atoms with van der Waals surface area (Å²) in [6.07, 6.45) is -0.169. The van der Waals surface area contributed by atoms with Crippen molar-refractivity contribution in [3.05, 3.63) is 71.8 Å². The number of carboxylic acid groups (broad SMARTS) is 1. The highest BCUT2D eigenvalue weighted by molar-refractivity contribution is 5.84. The van der Waals surface area contributed by atoms with Gasteiger partial charge in [0.2, 0.25) is 0 Å². The van der Waals surface area contributed by atoms with Crippen molar-refractivity contribution in [2.24, 2.45) is 0 Å². The molecule has 0 aromatic heterocycles. The van der Waals surface area contributed by atoms with Crippen molar-refractivity contribution in [3.8, 4) is 0 Å². The standard InChI is InChI=1S/C21H23NO5/c23-19(24)21(11-13-26-14-12-21)22(15-17-7-3-1-4-8-17)20(25)27-16-18-9-5-2-6-10-18/h1-10H,11-16H2,(H,23,24). The maximum Gasteiger partial charge on any atom is 0.411 e. The van der Waals surface area contributed by atoms with Crippen LogP contribution in [0.2, 0.25) is 0 Å². The predicted octanol–water partition coefficient (Wildman–Crippen LogP) is 3.46. The molecule has 0 spiro atoms. The van der Waals surface area contributed by atoms with Crippen molar-refractivity contribution in [1.29, 1.82) is 0 Å². The summed E-state index contributed by atoms with van der Waals surface area (Å²) >= 11 is 0. The molecule has 0 unspecified atom stereocenters. The Labute approximate surface area is 158 Å². The first-order valence-electron chi connectivity index (χ1n) is 8.95. The maximum absolute atomic E-state index is 12.9. The van der Waals surface area contributed by atoms with Gasteiger partial charge >= 0.3 is 12.1 Å². The maximum atomic E-state index is 12.9. The van der Waals surface area contributed by atoms with Crippen LogP contribution in [0.1, 0.15) is 24.0 Å². The zero-order chi connectivity index (χ0) is 19.1. The molecule has 6 nitrogen and oxygen atoms in total. The topological polar surface area (TPSA) is 76.1 Å². The van der Waals surface area contributed by atoms with Crippen LogP contribution in [0, 0.1) is 0 Å². The fourth-order valence-electron chi connectivity index (χ4n) is 3.26. The third-order valence-corrected chi connectivity index (χ3v) is 4.84. The van der Waals surface area contributed by atoms with E-state index in [-0.39, 0.29) is 26.0 Å². The largest absolute Gasteiger partial charge is 0.479 e. The first-order chi connectivity index (χ1) is 13.1. The SMILES string of the molecule is O=C(OCc1ccccc1)N(Cc1ccccc1)C1(C(=O)O)CCOCC1. The molecule has 0 radical (unpaired) electrons.